The maximum atomic E-state index is 12.4. The first-order valence-corrected chi connectivity index (χ1v) is 11.0. The topological polar surface area (TPSA) is 70.6 Å². The molecule has 30 heavy (non-hydrogen) atoms. The molecular weight excluding hydrogens is 378 g/mol. The van der Waals surface area contributed by atoms with Gasteiger partial charge < -0.3 is 19.9 Å². The second-order valence-corrected chi connectivity index (χ2v) is 8.35. The van der Waals surface area contributed by atoms with Crippen LogP contribution in [0, 0.1) is 12.8 Å². The molecule has 0 radical (unpaired) electrons. The lowest BCUT2D eigenvalue weighted by Crippen LogP contribution is -2.43. The van der Waals surface area contributed by atoms with Gasteiger partial charge in [-0.1, -0.05) is 19.1 Å². The van der Waals surface area contributed by atoms with Gasteiger partial charge in [-0.05, 0) is 50.3 Å². The number of hydrogen-bond acceptors (Lipinski definition) is 5. The maximum Gasteiger partial charge on any atom is 0.317 e. The molecule has 1 aromatic heterocycles. The van der Waals surface area contributed by atoms with Crippen LogP contribution in [0.4, 0.5) is 10.7 Å². The Hall–Kier alpha value is -2.83. The molecule has 0 aliphatic carbocycles. The van der Waals surface area contributed by atoms with Crippen molar-refractivity contribution >= 4 is 12.0 Å². The number of rotatable bonds is 4. The predicted octanol–water partition coefficient (Wildman–Crippen LogP) is 3.90. The first-order chi connectivity index (χ1) is 14.5. The van der Waals surface area contributed by atoms with Gasteiger partial charge in [0.25, 0.3) is 0 Å². The van der Waals surface area contributed by atoms with Gasteiger partial charge in [0.05, 0.1) is 17.8 Å². The molecule has 7 nitrogen and oxygen atoms in total. The van der Waals surface area contributed by atoms with Crippen molar-refractivity contribution in [3.63, 3.8) is 0 Å². The second kappa shape index (κ2) is 8.90. The Morgan fingerprint density at radius 1 is 1.23 bits per heavy atom. The van der Waals surface area contributed by atoms with E-state index in [0.717, 1.165) is 60.4 Å². The number of hydrogen-bond donors (Lipinski definition) is 1. The highest BCUT2D eigenvalue weighted by Crippen LogP contribution is 2.32. The number of aromatic nitrogens is 2. The summed E-state index contributed by atoms with van der Waals surface area (Å²) in [6.45, 7) is 9.92. The summed E-state index contributed by atoms with van der Waals surface area (Å²) in [6.07, 6.45) is 3.01. The van der Waals surface area contributed by atoms with Crippen LogP contribution >= 0.6 is 0 Å². The normalized spacial score (nSPS) is 16.9. The van der Waals surface area contributed by atoms with Crippen LogP contribution in [0.3, 0.4) is 0 Å². The molecular formula is C23H31N5O2. The number of nitrogens with one attached hydrogen (secondary N) is 1. The summed E-state index contributed by atoms with van der Waals surface area (Å²) in [6, 6.07) is 7.90. The van der Waals surface area contributed by atoms with E-state index in [0.29, 0.717) is 31.9 Å². The molecule has 0 unspecified atom stereocenters. The first kappa shape index (κ1) is 20.4. The standard InChI is InChI=1S/C23H31N5O2/c1-4-24-23(29)28-13-10-20-19(15-28)21(30-18-7-5-6-17(3)14-18)26-22(25-20)27-11-8-16(2)9-12-27/h5-7,14,16H,4,8-13,15H2,1-3H3,(H,24,29). The Bertz CT molecular complexity index is 908. The quantitative estimate of drug-likeness (QED) is 0.829. The minimum atomic E-state index is -0.0567. The molecule has 2 amide bonds. The summed E-state index contributed by atoms with van der Waals surface area (Å²) >= 11 is 0. The van der Waals surface area contributed by atoms with E-state index >= 15 is 0 Å². The average Bonchev–Trinajstić information content (AvgIpc) is 2.74. The van der Waals surface area contributed by atoms with Crippen LogP contribution in [0.1, 0.15) is 43.5 Å². The molecule has 1 aromatic carbocycles. The Kier molecular flexibility index (Phi) is 6.06. The van der Waals surface area contributed by atoms with Gasteiger partial charge in [-0.2, -0.15) is 4.98 Å². The molecule has 3 heterocycles. The molecule has 0 bridgehead atoms. The zero-order valence-corrected chi connectivity index (χ0v) is 18.1. The minimum absolute atomic E-state index is 0.0567. The zero-order valence-electron chi connectivity index (χ0n) is 18.1. The van der Waals surface area contributed by atoms with E-state index < -0.39 is 0 Å². The summed E-state index contributed by atoms with van der Waals surface area (Å²) in [7, 11) is 0. The van der Waals surface area contributed by atoms with Crippen LogP contribution in [0.15, 0.2) is 24.3 Å². The lowest BCUT2D eigenvalue weighted by atomic mass is 9.99. The molecule has 0 atom stereocenters. The minimum Gasteiger partial charge on any atom is -0.438 e. The Balaban J connectivity index is 1.67. The molecule has 160 valence electrons. The fourth-order valence-corrected chi connectivity index (χ4v) is 4.03. The van der Waals surface area contributed by atoms with Crippen LogP contribution in [0.25, 0.3) is 0 Å². The zero-order chi connectivity index (χ0) is 21.1. The molecule has 0 spiro atoms. The van der Waals surface area contributed by atoms with Crippen molar-refractivity contribution in [2.75, 3.05) is 31.1 Å². The van der Waals surface area contributed by atoms with Gasteiger partial charge in [0, 0.05) is 32.6 Å². The Morgan fingerprint density at radius 3 is 2.77 bits per heavy atom. The average molecular weight is 410 g/mol. The highest BCUT2D eigenvalue weighted by molar-refractivity contribution is 5.74. The summed E-state index contributed by atoms with van der Waals surface area (Å²) < 4.78 is 6.26. The van der Waals surface area contributed by atoms with Crippen molar-refractivity contribution in [1.82, 2.24) is 20.2 Å². The highest BCUT2D eigenvalue weighted by atomic mass is 16.5. The fourth-order valence-electron chi connectivity index (χ4n) is 4.03. The van der Waals surface area contributed by atoms with E-state index in [1.165, 1.54) is 0 Å². The Labute approximate surface area is 178 Å². The predicted molar refractivity (Wildman–Crippen MR) is 117 cm³/mol. The number of amides is 2. The smallest absolute Gasteiger partial charge is 0.317 e. The number of carbonyl (C=O) groups is 1. The molecule has 2 aliphatic rings. The highest BCUT2D eigenvalue weighted by Gasteiger charge is 2.28. The third-order valence-corrected chi connectivity index (χ3v) is 5.90. The molecule has 0 saturated carbocycles. The molecule has 1 fully saturated rings. The van der Waals surface area contributed by atoms with Crippen molar-refractivity contribution in [3.05, 3.63) is 41.1 Å². The summed E-state index contributed by atoms with van der Waals surface area (Å²) in [5.74, 6) is 2.81. The van der Waals surface area contributed by atoms with E-state index in [-0.39, 0.29) is 6.03 Å². The van der Waals surface area contributed by atoms with Gasteiger partial charge in [0.2, 0.25) is 11.8 Å². The van der Waals surface area contributed by atoms with Gasteiger partial charge in [0.1, 0.15) is 5.75 Å². The van der Waals surface area contributed by atoms with E-state index in [2.05, 4.69) is 17.1 Å². The van der Waals surface area contributed by atoms with Crippen molar-refractivity contribution < 1.29 is 9.53 Å². The third-order valence-electron chi connectivity index (χ3n) is 5.90. The van der Waals surface area contributed by atoms with Gasteiger partial charge in [-0.15, -0.1) is 0 Å². The monoisotopic (exact) mass is 409 g/mol. The number of aryl methyl sites for hydroxylation is 1. The molecule has 2 aliphatic heterocycles. The van der Waals surface area contributed by atoms with Crippen molar-refractivity contribution in [2.45, 2.75) is 46.6 Å². The van der Waals surface area contributed by atoms with Crippen LogP contribution < -0.4 is 15.0 Å². The summed E-state index contributed by atoms with van der Waals surface area (Å²) in [5.41, 5.74) is 3.02. The summed E-state index contributed by atoms with van der Waals surface area (Å²) in [5, 5.41) is 2.89. The number of anilines is 1. The molecule has 1 N–H and O–H groups in total. The third kappa shape index (κ3) is 4.50. The first-order valence-electron chi connectivity index (χ1n) is 11.0. The number of benzene rings is 1. The van der Waals surface area contributed by atoms with Gasteiger partial charge in [0.15, 0.2) is 0 Å². The van der Waals surface area contributed by atoms with Crippen LogP contribution in [-0.2, 0) is 13.0 Å². The lowest BCUT2D eigenvalue weighted by Gasteiger charge is -2.33. The molecule has 7 heteroatoms. The molecule has 2 aromatic rings. The number of ether oxygens (including phenoxy) is 1. The van der Waals surface area contributed by atoms with E-state index in [1.54, 1.807) is 4.90 Å². The molecule has 4 rings (SSSR count). The molecule has 1 saturated heterocycles. The van der Waals surface area contributed by atoms with Crippen molar-refractivity contribution in [1.29, 1.82) is 0 Å². The number of urea groups is 1. The van der Waals surface area contributed by atoms with Crippen molar-refractivity contribution in [2.24, 2.45) is 5.92 Å². The Morgan fingerprint density at radius 2 is 2.03 bits per heavy atom. The lowest BCUT2D eigenvalue weighted by molar-refractivity contribution is 0.191. The van der Waals surface area contributed by atoms with E-state index in [4.69, 9.17) is 14.7 Å². The number of piperidine rings is 1. The number of carbonyl (C=O) groups excluding carboxylic acids is 1. The van der Waals surface area contributed by atoms with Gasteiger partial charge >= 0.3 is 6.03 Å². The van der Waals surface area contributed by atoms with Crippen LogP contribution in [0.5, 0.6) is 11.6 Å². The number of fused-ring (bicyclic) bond motifs is 1. The SMILES string of the molecule is CCNC(=O)N1CCc2nc(N3CCC(C)CC3)nc(Oc3cccc(C)c3)c2C1. The second-order valence-electron chi connectivity index (χ2n) is 8.35. The van der Waals surface area contributed by atoms with E-state index in [1.807, 2.05) is 38.1 Å². The van der Waals surface area contributed by atoms with Gasteiger partial charge in [-0.3, -0.25) is 0 Å². The van der Waals surface area contributed by atoms with Gasteiger partial charge in [-0.25, -0.2) is 9.78 Å². The van der Waals surface area contributed by atoms with Crippen molar-refractivity contribution in [3.8, 4) is 11.6 Å². The number of nitrogens with zero attached hydrogens (tertiary/aromatic N) is 4. The maximum absolute atomic E-state index is 12.4. The van der Waals surface area contributed by atoms with Crippen LogP contribution in [-0.4, -0.2) is 47.1 Å². The van der Waals surface area contributed by atoms with E-state index in [9.17, 15) is 4.79 Å². The van der Waals surface area contributed by atoms with Crippen LogP contribution in [0.2, 0.25) is 0 Å². The summed E-state index contributed by atoms with van der Waals surface area (Å²) in [4.78, 5) is 26.2. The fraction of sp³-hybridized carbons (Fsp3) is 0.522. The largest absolute Gasteiger partial charge is 0.438 e.